The highest BCUT2D eigenvalue weighted by Crippen LogP contribution is 2.33. The van der Waals surface area contributed by atoms with Gasteiger partial charge in [0.05, 0.1) is 11.3 Å². The van der Waals surface area contributed by atoms with Crippen LogP contribution in [0.3, 0.4) is 0 Å². The van der Waals surface area contributed by atoms with E-state index in [2.05, 4.69) is 5.32 Å². The topological polar surface area (TPSA) is 29.1 Å². The Hall–Kier alpha value is -1.83. The lowest BCUT2D eigenvalue weighted by atomic mass is 10.1. The molecule has 6 heteroatoms. The summed E-state index contributed by atoms with van der Waals surface area (Å²) in [6, 6.07) is 14.1. The third kappa shape index (κ3) is 4.33. The number of hydrogen-bond acceptors (Lipinski definition) is 1. The van der Waals surface area contributed by atoms with Crippen molar-refractivity contribution in [2.24, 2.45) is 0 Å². The number of hydrogen-bond donors (Lipinski definition) is 1. The van der Waals surface area contributed by atoms with Gasteiger partial charge in [-0.3, -0.25) is 4.79 Å². The van der Waals surface area contributed by atoms with Crippen molar-refractivity contribution in [2.75, 3.05) is 5.32 Å². The fourth-order valence-electron chi connectivity index (χ4n) is 1.81. The van der Waals surface area contributed by atoms with Gasteiger partial charge in [0, 0.05) is 9.65 Å². The van der Waals surface area contributed by atoms with Gasteiger partial charge >= 0.3 is 6.18 Å². The number of rotatable bonds is 3. The minimum Gasteiger partial charge on any atom is -0.322 e. The summed E-state index contributed by atoms with van der Waals surface area (Å²) in [5.41, 5.74) is -0.552. The van der Waals surface area contributed by atoms with Crippen LogP contribution in [-0.4, -0.2) is 12.1 Å². The van der Waals surface area contributed by atoms with E-state index in [1.54, 1.807) is 30.3 Å². The molecule has 0 aliphatic carbocycles. The van der Waals surface area contributed by atoms with Crippen LogP contribution in [0.1, 0.15) is 5.56 Å². The first-order valence-electron chi connectivity index (χ1n) is 6.28. The minimum absolute atomic E-state index is 0.0482. The van der Waals surface area contributed by atoms with E-state index in [9.17, 15) is 18.0 Å². The van der Waals surface area contributed by atoms with Crippen molar-refractivity contribution < 1.29 is 18.0 Å². The van der Waals surface area contributed by atoms with Crippen LogP contribution in [-0.2, 0) is 4.79 Å². The van der Waals surface area contributed by atoms with Crippen LogP contribution >= 0.6 is 22.6 Å². The van der Waals surface area contributed by atoms with E-state index < -0.39 is 17.7 Å². The van der Waals surface area contributed by atoms with Gasteiger partial charge in [0.25, 0.3) is 0 Å². The van der Waals surface area contributed by atoms with E-state index in [1.165, 1.54) is 24.3 Å². The number of carbonyl (C=O) groups excluding carboxylic acids is 1. The maximum atomic E-state index is 13.1. The molecule has 0 aromatic heterocycles. The molecule has 2 nitrogen and oxygen atoms in total. The molecular formula is C16H11F3INO. The highest BCUT2D eigenvalue weighted by molar-refractivity contribution is 14.1. The van der Waals surface area contributed by atoms with Gasteiger partial charge in [0.1, 0.15) is 0 Å². The SMILES string of the molecule is O=C(/C=C(/c1ccccc1)C(F)(F)F)Nc1ccccc1I. The van der Waals surface area contributed by atoms with E-state index in [1.807, 2.05) is 22.6 Å². The number of carbonyl (C=O) groups is 1. The third-order valence-corrected chi connectivity index (χ3v) is 3.74. The van der Waals surface area contributed by atoms with E-state index in [4.69, 9.17) is 0 Å². The molecular weight excluding hydrogens is 406 g/mol. The second-order valence-electron chi connectivity index (χ2n) is 4.39. The highest BCUT2D eigenvalue weighted by Gasteiger charge is 2.35. The number of alkyl halides is 3. The molecule has 2 aromatic rings. The molecule has 114 valence electrons. The molecule has 0 saturated carbocycles. The maximum absolute atomic E-state index is 13.1. The first kappa shape index (κ1) is 16.5. The van der Waals surface area contributed by atoms with Crippen molar-refractivity contribution in [2.45, 2.75) is 6.18 Å². The van der Waals surface area contributed by atoms with Crippen molar-refractivity contribution >= 4 is 39.8 Å². The number of halogens is 4. The summed E-state index contributed by atoms with van der Waals surface area (Å²) in [6.07, 6.45) is -4.03. The number of amides is 1. The molecule has 0 aliphatic rings. The van der Waals surface area contributed by atoms with Crippen molar-refractivity contribution in [3.8, 4) is 0 Å². The molecule has 0 radical (unpaired) electrons. The summed E-state index contributed by atoms with van der Waals surface area (Å²) in [6.45, 7) is 0. The lowest BCUT2D eigenvalue weighted by Gasteiger charge is -2.12. The Balaban J connectivity index is 2.30. The average molecular weight is 417 g/mol. The molecule has 0 atom stereocenters. The number of para-hydroxylation sites is 1. The summed E-state index contributed by atoms with van der Waals surface area (Å²) in [5, 5.41) is 2.46. The Morgan fingerprint density at radius 3 is 2.18 bits per heavy atom. The van der Waals surface area contributed by atoms with Crippen molar-refractivity contribution in [1.29, 1.82) is 0 Å². The molecule has 1 N–H and O–H groups in total. The summed E-state index contributed by atoms with van der Waals surface area (Å²) >= 11 is 2.00. The van der Waals surface area contributed by atoms with Crippen molar-refractivity contribution in [3.63, 3.8) is 0 Å². The van der Waals surface area contributed by atoms with E-state index in [0.29, 0.717) is 11.8 Å². The summed E-state index contributed by atoms with van der Waals surface area (Å²) in [7, 11) is 0. The smallest absolute Gasteiger partial charge is 0.322 e. The maximum Gasteiger partial charge on any atom is 0.417 e. The second-order valence-corrected chi connectivity index (χ2v) is 5.55. The molecule has 0 fully saturated rings. The Kier molecular flexibility index (Phi) is 5.23. The third-order valence-electron chi connectivity index (χ3n) is 2.80. The molecule has 0 saturated heterocycles. The normalized spacial score (nSPS) is 12.1. The predicted octanol–water partition coefficient (Wildman–Crippen LogP) is 4.88. The monoisotopic (exact) mass is 417 g/mol. The van der Waals surface area contributed by atoms with Crippen molar-refractivity contribution in [1.82, 2.24) is 0 Å². The fraction of sp³-hybridized carbons (Fsp3) is 0.0625. The van der Waals surface area contributed by atoms with Crippen molar-refractivity contribution in [3.05, 3.63) is 69.8 Å². The van der Waals surface area contributed by atoms with Crippen LogP contribution in [0.15, 0.2) is 60.7 Å². The molecule has 0 heterocycles. The minimum atomic E-state index is -4.61. The van der Waals surface area contributed by atoms with Gasteiger partial charge in [-0.1, -0.05) is 42.5 Å². The molecule has 2 aromatic carbocycles. The fourth-order valence-corrected chi connectivity index (χ4v) is 2.33. The Labute approximate surface area is 139 Å². The number of benzene rings is 2. The van der Waals surface area contributed by atoms with Crippen LogP contribution in [0.2, 0.25) is 0 Å². The molecule has 0 spiro atoms. The molecule has 2 rings (SSSR count). The quantitative estimate of drug-likeness (QED) is 0.560. The zero-order valence-electron chi connectivity index (χ0n) is 11.2. The standard InChI is InChI=1S/C16H11F3INO/c17-16(18,19)12(11-6-2-1-3-7-11)10-15(22)21-14-9-5-4-8-13(14)20/h1-10H,(H,21,22)/b12-10-. The molecule has 0 aliphatic heterocycles. The zero-order chi connectivity index (χ0) is 16.2. The van der Waals surface area contributed by atoms with Gasteiger partial charge in [-0.05, 0) is 40.3 Å². The summed E-state index contributed by atoms with van der Waals surface area (Å²) in [5.74, 6) is -0.819. The van der Waals surface area contributed by atoms with Gasteiger partial charge in [-0.25, -0.2) is 0 Å². The molecule has 1 amide bonds. The zero-order valence-corrected chi connectivity index (χ0v) is 13.4. The summed E-state index contributed by atoms with van der Waals surface area (Å²) < 4.78 is 40.1. The van der Waals surface area contributed by atoms with E-state index in [-0.39, 0.29) is 5.56 Å². The van der Waals surface area contributed by atoms with Crippen LogP contribution in [0, 0.1) is 3.57 Å². The van der Waals surface area contributed by atoms with E-state index in [0.717, 1.165) is 3.57 Å². The second kappa shape index (κ2) is 6.95. The summed E-state index contributed by atoms with van der Waals surface area (Å²) in [4.78, 5) is 11.9. The molecule has 22 heavy (non-hydrogen) atoms. The van der Waals surface area contributed by atoms with Crippen LogP contribution < -0.4 is 5.32 Å². The van der Waals surface area contributed by atoms with Gasteiger partial charge < -0.3 is 5.32 Å². The Morgan fingerprint density at radius 1 is 1.00 bits per heavy atom. The average Bonchev–Trinajstić information content (AvgIpc) is 2.47. The predicted molar refractivity (Wildman–Crippen MR) is 88.3 cm³/mol. The van der Waals surface area contributed by atoms with Crippen LogP contribution in [0.4, 0.5) is 18.9 Å². The molecule has 0 unspecified atom stereocenters. The number of anilines is 1. The first-order valence-corrected chi connectivity index (χ1v) is 7.35. The number of allylic oxidation sites excluding steroid dienone is 1. The lowest BCUT2D eigenvalue weighted by Crippen LogP contribution is -2.16. The van der Waals surface area contributed by atoms with Gasteiger partial charge in [0.2, 0.25) is 5.91 Å². The van der Waals surface area contributed by atoms with E-state index >= 15 is 0 Å². The highest BCUT2D eigenvalue weighted by atomic mass is 127. The first-order chi connectivity index (χ1) is 10.4. The Morgan fingerprint density at radius 2 is 1.59 bits per heavy atom. The van der Waals surface area contributed by atoms with Gasteiger partial charge in [0.15, 0.2) is 0 Å². The van der Waals surface area contributed by atoms with Gasteiger partial charge in [-0.2, -0.15) is 13.2 Å². The number of nitrogens with one attached hydrogen (secondary N) is 1. The van der Waals surface area contributed by atoms with Crippen LogP contribution in [0.5, 0.6) is 0 Å². The van der Waals surface area contributed by atoms with Crippen LogP contribution in [0.25, 0.3) is 5.57 Å². The van der Waals surface area contributed by atoms with Gasteiger partial charge in [-0.15, -0.1) is 0 Å². The molecule has 0 bridgehead atoms. The largest absolute Gasteiger partial charge is 0.417 e. The lowest BCUT2D eigenvalue weighted by molar-refractivity contribution is -0.112. The Bertz CT molecular complexity index is 696.